The van der Waals surface area contributed by atoms with Gasteiger partial charge in [0.25, 0.3) is 0 Å². The van der Waals surface area contributed by atoms with Crippen LogP contribution in [0.2, 0.25) is 0 Å². The van der Waals surface area contributed by atoms with Crippen molar-refractivity contribution in [1.29, 1.82) is 0 Å². The highest BCUT2D eigenvalue weighted by Crippen LogP contribution is 2.35. The molecule has 2 amide bonds. The van der Waals surface area contributed by atoms with Crippen molar-refractivity contribution in [3.05, 3.63) is 23.5 Å². The molecule has 2 rings (SSSR count). The molecule has 0 aliphatic carbocycles. The van der Waals surface area contributed by atoms with Crippen LogP contribution < -0.4 is 21.4 Å². The quantitative estimate of drug-likeness (QED) is 0.314. The fraction of sp³-hybridized carbons (Fsp3) is 0.750. The first-order chi connectivity index (χ1) is 13.1. The summed E-state index contributed by atoms with van der Waals surface area (Å²) in [6.07, 6.45) is 12.0. The third-order valence-corrected chi connectivity index (χ3v) is 6.00. The number of carbonyl (C=O) groups excluding carboxylic acids is 1. The van der Waals surface area contributed by atoms with Crippen molar-refractivity contribution >= 4 is 6.03 Å². The molecular weight excluding hydrogens is 342 g/mol. The van der Waals surface area contributed by atoms with Crippen LogP contribution in [-0.2, 0) is 0 Å². The number of unbranched alkanes of at least 4 members (excludes halogenated alkanes) is 5. The Morgan fingerprint density at radius 2 is 2.07 bits per heavy atom. The number of dihydropyridines is 1. The summed E-state index contributed by atoms with van der Waals surface area (Å²) in [6, 6.07) is -0.0818. The summed E-state index contributed by atoms with van der Waals surface area (Å²) < 4.78 is 0. The number of allylic oxidation sites excluding steroid dienone is 1. The lowest BCUT2D eigenvalue weighted by Gasteiger charge is -2.50. The minimum absolute atomic E-state index is 0.0323. The van der Waals surface area contributed by atoms with Gasteiger partial charge in [-0.2, -0.15) is 0 Å². The summed E-state index contributed by atoms with van der Waals surface area (Å²) in [7, 11) is 1.68. The van der Waals surface area contributed by atoms with E-state index in [9.17, 15) is 10.0 Å². The minimum atomic E-state index is -0.398. The molecule has 154 valence electrons. The fourth-order valence-corrected chi connectivity index (χ4v) is 4.36. The lowest BCUT2D eigenvalue weighted by Crippen LogP contribution is -2.69. The number of hydroxylamine groups is 1. The third-order valence-electron chi connectivity index (χ3n) is 6.00. The van der Waals surface area contributed by atoms with Crippen LogP contribution in [0.4, 0.5) is 4.79 Å². The Hall–Kier alpha value is -1.73. The van der Waals surface area contributed by atoms with E-state index in [0.717, 1.165) is 31.5 Å². The number of nitrogens with zero attached hydrogens (tertiary/aromatic N) is 1. The summed E-state index contributed by atoms with van der Waals surface area (Å²) in [6.45, 7) is 6.46. The molecule has 2 aliphatic rings. The van der Waals surface area contributed by atoms with Crippen LogP contribution in [0.3, 0.4) is 0 Å². The Balaban J connectivity index is 2.22. The van der Waals surface area contributed by atoms with Gasteiger partial charge in [0.2, 0.25) is 0 Å². The van der Waals surface area contributed by atoms with Crippen LogP contribution in [0.5, 0.6) is 0 Å². The molecule has 1 saturated heterocycles. The number of hydrogen-bond acceptors (Lipinski definition) is 5. The molecule has 0 aromatic heterocycles. The molecule has 0 radical (unpaired) electrons. The van der Waals surface area contributed by atoms with E-state index in [4.69, 9.17) is 0 Å². The maximum atomic E-state index is 12.5. The number of rotatable bonds is 9. The van der Waals surface area contributed by atoms with Gasteiger partial charge >= 0.3 is 6.03 Å². The van der Waals surface area contributed by atoms with Gasteiger partial charge in [-0.3, -0.25) is 10.7 Å². The Morgan fingerprint density at radius 1 is 1.33 bits per heavy atom. The van der Waals surface area contributed by atoms with Gasteiger partial charge < -0.3 is 20.9 Å². The summed E-state index contributed by atoms with van der Waals surface area (Å²) in [5.74, 6) is 0. The van der Waals surface area contributed by atoms with E-state index in [2.05, 4.69) is 28.4 Å². The second-order valence-corrected chi connectivity index (χ2v) is 7.59. The normalized spacial score (nSPS) is 25.3. The van der Waals surface area contributed by atoms with Gasteiger partial charge in [0.1, 0.15) is 0 Å². The molecule has 2 aliphatic heterocycles. The van der Waals surface area contributed by atoms with Crippen LogP contribution in [0.15, 0.2) is 23.5 Å². The first kappa shape index (κ1) is 21.6. The number of urea groups is 1. The largest absolute Gasteiger partial charge is 0.380 e. The fourth-order valence-electron chi connectivity index (χ4n) is 4.36. The van der Waals surface area contributed by atoms with E-state index in [1.165, 1.54) is 32.1 Å². The number of piperazine rings is 1. The summed E-state index contributed by atoms with van der Waals surface area (Å²) >= 11 is 0. The summed E-state index contributed by atoms with van der Waals surface area (Å²) in [5.41, 5.74) is 3.69. The molecule has 0 aromatic carbocycles. The van der Waals surface area contributed by atoms with Crippen LogP contribution in [0, 0.1) is 0 Å². The van der Waals surface area contributed by atoms with E-state index in [1.807, 2.05) is 24.1 Å². The number of carbonyl (C=O) groups is 1. The molecular formula is C20H37N5O2. The van der Waals surface area contributed by atoms with Gasteiger partial charge in [-0.15, -0.1) is 0 Å². The van der Waals surface area contributed by atoms with Crippen LogP contribution in [0.25, 0.3) is 0 Å². The van der Waals surface area contributed by atoms with Gasteiger partial charge in [-0.25, -0.2) is 4.79 Å². The summed E-state index contributed by atoms with van der Waals surface area (Å²) in [4.78, 5) is 14.5. The number of nitrogens with one attached hydrogen (secondary N) is 4. The second kappa shape index (κ2) is 10.6. The monoisotopic (exact) mass is 379 g/mol. The molecule has 1 fully saturated rings. The predicted octanol–water partition coefficient (Wildman–Crippen LogP) is 2.46. The van der Waals surface area contributed by atoms with Gasteiger partial charge in [0.05, 0.1) is 17.3 Å². The lowest BCUT2D eigenvalue weighted by molar-refractivity contribution is 0.106. The van der Waals surface area contributed by atoms with Crippen LogP contribution >= 0.6 is 0 Å². The predicted molar refractivity (Wildman–Crippen MR) is 108 cm³/mol. The number of hydrogen-bond donors (Lipinski definition) is 5. The number of amides is 2. The highest BCUT2D eigenvalue weighted by molar-refractivity contribution is 5.74. The lowest BCUT2D eigenvalue weighted by atomic mass is 9.75. The van der Waals surface area contributed by atoms with Gasteiger partial charge in [-0.05, 0) is 31.2 Å². The standard InChI is InChI=1S/C20H37N5O2/c1-4-5-6-7-8-9-11-20(16(2)17(24-27)10-12-23-20)18-15-22-13-14-25(18)19(26)21-3/h10,12,18,22-24,27H,4-9,11,13-15H2,1-3H3,(H,21,26)/t18-,20?/m1/s1. The SMILES string of the molecule is CCCCCCCCC1([C@H]2CNCCN2C(=O)NC)NC=CC(NO)=C1C. The van der Waals surface area contributed by atoms with Crippen LogP contribution in [-0.4, -0.2) is 54.4 Å². The van der Waals surface area contributed by atoms with Crippen molar-refractivity contribution in [2.75, 3.05) is 26.7 Å². The smallest absolute Gasteiger partial charge is 0.317 e. The van der Waals surface area contributed by atoms with Crippen molar-refractivity contribution in [3.63, 3.8) is 0 Å². The second-order valence-electron chi connectivity index (χ2n) is 7.59. The Labute approximate surface area is 163 Å². The maximum Gasteiger partial charge on any atom is 0.317 e. The molecule has 0 saturated carbocycles. The molecule has 2 atom stereocenters. The maximum absolute atomic E-state index is 12.5. The highest BCUT2D eigenvalue weighted by atomic mass is 16.5. The van der Waals surface area contributed by atoms with E-state index < -0.39 is 5.54 Å². The zero-order valence-corrected chi connectivity index (χ0v) is 17.1. The summed E-state index contributed by atoms with van der Waals surface area (Å²) in [5, 5.41) is 19.4. The average molecular weight is 380 g/mol. The molecule has 0 bridgehead atoms. The van der Waals surface area contributed by atoms with Crippen molar-refractivity contribution in [3.8, 4) is 0 Å². The van der Waals surface area contributed by atoms with Crippen LogP contribution in [0.1, 0.15) is 58.8 Å². The van der Waals surface area contributed by atoms with E-state index in [1.54, 1.807) is 7.05 Å². The minimum Gasteiger partial charge on any atom is -0.380 e. The van der Waals surface area contributed by atoms with E-state index >= 15 is 0 Å². The Morgan fingerprint density at radius 3 is 2.78 bits per heavy atom. The topological polar surface area (TPSA) is 88.7 Å². The molecule has 27 heavy (non-hydrogen) atoms. The Kier molecular flexibility index (Phi) is 8.44. The first-order valence-corrected chi connectivity index (χ1v) is 10.4. The van der Waals surface area contributed by atoms with Crippen molar-refractivity contribution < 1.29 is 10.0 Å². The molecule has 1 unspecified atom stereocenters. The average Bonchev–Trinajstić information content (AvgIpc) is 2.71. The molecule has 0 aromatic rings. The zero-order chi connectivity index (χ0) is 19.7. The molecule has 2 heterocycles. The van der Waals surface area contributed by atoms with Crippen molar-refractivity contribution in [2.24, 2.45) is 0 Å². The first-order valence-electron chi connectivity index (χ1n) is 10.4. The molecule has 5 N–H and O–H groups in total. The molecule has 7 heteroatoms. The highest BCUT2D eigenvalue weighted by Gasteiger charge is 2.46. The van der Waals surface area contributed by atoms with Gasteiger partial charge in [0.15, 0.2) is 0 Å². The van der Waals surface area contributed by atoms with E-state index in [-0.39, 0.29) is 12.1 Å². The van der Waals surface area contributed by atoms with Gasteiger partial charge in [0, 0.05) is 26.7 Å². The van der Waals surface area contributed by atoms with Crippen molar-refractivity contribution in [1.82, 2.24) is 26.3 Å². The molecule has 0 spiro atoms. The van der Waals surface area contributed by atoms with E-state index in [0.29, 0.717) is 12.2 Å². The van der Waals surface area contributed by atoms with Gasteiger partial charge in [-0.1, -0.05) is 45.4 Å². The molecule has 7 nitrogen and oxygen atoms in total. The third kappa shape index (κ3) is 4.96. The zero-order valence-electron chi connectivity index (χ0n) is 17.1. The Bertz CT molecular complexity index is 548. The van der Waals surface area contributed by atoms with Crippen molar-refractivity contribution in [2.45, 2.75) is 70.4 Å².